The fourth-order valence-electron chi connectivity index (χ4n) is 2.19. The molecular weight excluding hydrogens is 324 g/mol. The first-order valence-electron chi connectivity index (χ1n) is 6.41. The molecule has 0 spiro atoms. The van der Waals surface area contributed by atoms with Crippen molar-refractivity contribution < 1.29 is 14.3 Å². The minimum absolute atomic E-state index is 0.0126. The zero-order chi connectivity index (χ0) is 14.7. The maximum Gasteiger partial charge on any atom is 0.409 e. The van der Waals surface area contributed by atoms with Gasteiger partial charge in [0.1, 0.15) is 0 Å². The molecule has 0 aliphatic carbocycles. The largest absolute Gasteiger partial charge is 0.453 e. The van der Waals surface area contributed by atoms with Crippen molar-refractivity contribution in [1.82, 2.24) is 9.80 Å². The summed E-state index contributed by atoms with van der Waals surface area (Å²) < 4.78 is 5.48. The van der Waals surface area contributed by atoms with E-state index in [4.69, 9.17) is 0 Å². The monoisotopic (exact) mass is 340 g/mol. The van der Waals surface area contributed by atoms with E-state index >= 15 is 0 Å². The van der Waals surface area contributed by atoms with Gasteiger partial charge in [0.25, 0.3) is 5.91 Å². The number of ether oxygens (including phenoxy) is 1. The van der Waals surface area contributed by atoms with Gasteiger partial charge in [-0.15, -0.1) is 0 Å². The van der Waals surface area contributed by atoms with Crippen molar-refractivity contribution in [3.8, 4) is 0 Å². The van der Waals surface area contributed by atoms with Crippen LogP contribution >= 0.6 is 15.9 Å². The molecular formula is C14H17BrN2O3. The molecule has 2 amide bonds. The number of halogens is 1. The Balaban J connectivity index is 2.03. The first kappa shape index (κ1) is 14.8. The highest BCUT2D eigenvalue weighted by atomic mass is 79.9. The minimum Gasteiger partial charge on any atom is -0.453 e. The first-order valence-corrected chi connectivity index (χ1v) is 7.20. The van der Waals surface area contributed by atoms with E-state index in [9.17, 15) is 9.59 Å². The highest BCUT2D eigenvalue weighted by Gasteiger charge is 2.25. The normalized spacial score (nSPS) is 15.2. The van der Waals surface area contributed by atoms with Gasteiger partial charge in [0.05, 0.1) is 12.7 Å². The second kappa shape index (κ2) is 6.26. The molecule has 0 aromatic heterocycles. The van der Waals surface area contributed by atoms with Gasteiger partial charge in [0, 0.05) is 30.7 Å². The van der Waals surface area contributed by atoms with Crippen LogP contribution < -0.4 is 0 Å². The summed E-state index contributed by atoms with van der Waals surface area (Å²) in [5.41, 5.74) is 1.76. The average Bonchev–Trinajstić information content (AvgIpc) is 2.46. The number of amides is 2. The van der Waals surface area contributed by atoms with E-state index < -0.39 is 0 Å². The van der Waals surface area contributed by atoms with Crippen molar-refractivity contribution in [2.75, 3.05) is 33.3 Å². The summed E-state index contributed by atoms with van der Waals surface area (Å²) in [7, 11) is 1.36. The van der Waals surface area contributed by atoms with Crippen LogP contribution in [0.15, 0.2) is 22.7 Å². The highest BCUT2D eigenvalue weighted by Crippen LogP contribution is 2.20. The molecule has 20 heavy (non-hydrogen) atoms. The fraction of sp³-hybridized carbons (Fsp3) is 0.429. The van der Waals surface area contributed by atoms with E-state index in [1.807, 2.05) is 25.1 Å². The SMILES string of the molecule is COC(=O)N1CCN(C(=O)c2ccc(C)cc2Br)CC1. The summed E-state index contributed by atoms with van der Waals surface area (Å²) in [6, 6.07) is 5.68. The van der Waals surface area contributed by atoms with Crippen molar-refractivity contribution >= 4 is 27.9 Å². The summed E-state index contributed by atoms with van der Waals surface area (Å²) >= 11 is 3.43. The molecule has 2 rings (SSSR count). The van der Waals surface area contributed by atoms with Crippen LogP contribution in [0.4, 0.5) is 4.79 Å². The second-order valence-electron chi connectivity index (χ2n) is 4.73. The fourth-order valence-corrected chi connectivity index (χ4v) is 2.85. The van der Waals surface area contributed by atoms with Crippen LogP contribution in [-0.4, -0.2) is 55.1 Å². The van der Waals surface area contributed by atoms with E-state index in [1.54, 1.807) is 9.80 Å². The van der Waals surface area contributed by atoms with Crippen LogP contribution in [0.2, 0.25) is 0 Å². The van der Waals surface area contributed by atoms with Crippen LogP contribution in [0, 0.1) is 6.92 Å². The van der Waals surface area contributed by atoms with Crippen LogP contribution in [0.3, 0.4) is 0 Å². The third-order valence-corrected chi connectivity index (χ3v) is 4.01. The van der Waals surface area contributed by atoms with Gasteiger partial charge in [-0.3, -0.25) is 4.79 Å². The molecule has 1 aromatic rings. The number of carbonyl (C=O) groups excluding carboxylic acids is 2. The highest BCUT2D eigenvalue weighted by molar-refractivity contribution is 9.10. The van der Waals surface area contributed by atoms with Crippen molar-refractivity contribution in [3.05, 3.63) is 33.8 Å². The molecule has 1 heterocycles. The third kappa shape index (κ3) is 3.12. The van der Waals surface area contributed by atoms with Crippen molar-refractivity contribution in [2.24, 2.45) is 0 Å². The van der Waals surface area contributed by atoms with Crippen LogP contribution in [0.5, 0.6) is 0 Å². The summed E-state index contributed by atoms with van der Waals surface area (Å²) in [5, 5.41) is 0. The Bertz CT molecular complexity index is 525. The summed E-state index contributed by atoms with van der Waals surface area (Å²) in [4.78, 5) is 27.2. The number of nitrogens with zero attached hydrogens (tertiary/aromatic N) is 2. The Kier molecular flexibility index (Phi) is 4.65. The van der Waals surface area contributed by atoms with Crippen molar-refractivity contribution in [3.63, 3.8) is 0 Å². The van der Waals surface area contributed by atoms with Gasteiger partial charge in [-0.25, -0.2) is 4.79 Å². The number of rotatable bonds is 1. The van der Waals surface area contributed by atoms with E-state index in [0.717, 1.165) is 10.0 Å². The van der Waals surface area contributed by atoms with Gasteiger partial charge in [-0.2, -0.15) is 0 Å². The Hall–Kier alpha value is -1.56. The number of benzene rings is 1. The average molecular weight is 341 g/mol. The molecule has 108 valence electrons. The molecule has 6 heteroatoms. The molecule has 0 N–H and O–H groups in total. The van der Waals surface area contributed by atoms with Crippen LogP contribution in [-0.2, 0) is 4.74 Å². The predicted molar refractivity (Wildman–Crippen MR) is 78.8 cm³/mol. The van der Waals surface area contributed by atoms with Crippen molar-refractivity contribution in [1.29, 1.82) is 0 Å². The number of hydrogen-bond acceptors (Lipinski definition) is 3. The molecule has 0 radical (unpaired) electrons. The Labute approximate surface area is 126 Å². The van der Waals surface area contributed by atoms with Crippen LogP contribution in [0.25, 0.3) is 0 Å². The Morgan fingerprint density at radius 3 is 2.30 bits per heavy atom. The van der Waals surface area contributed by atoms with Gasteiger partial charge in [-0.05, 0) is 40.5 Å². The molecule has 1 saturated heterocycles. The maximum absolute atomic E-state index is 12.4. The number of hydrogen-bond donors (Lipinski definition) is 0. The number of methoxy groups -OCH3 is 1. The third-order valence-electron chi connectivity index (χ3n) is 3.35. The molecule has 1 aliphatic heterocycles. The molecule has 1 aliphatic rings. The quantitative estimate of drug-likeness (QED) is 0.788. The van der Waals surface area contributed by atoms with Gasteiger partial charge in [0.15, 0.2) is 0 Å². The lowest BCUT2D eigenvalue weighted by Gasteiger charge is -2.34. The van der Waals surface area contributed by atoms with Gasteiger partial charge < -0.3 is 14.5 Å². The lowest BCUT2D eigenvalue weighted by atomic mass is 10.1. The number of carbonyl (C=O) groups is 2. The van der Waals surface area contributed by atoms with E-state index in [2.05, 4.69) is 20.7 Å². The summed E-state index contributed by atoms with van der Waals surface area (Å²) in [6.07, 6.45) is -0.339. The van der Waals surface area contributed by atoms with Gasteiger partial charge in [-0.1, -0.05) is 6.07 Å². The standard InChI is InChI=1S/C14H17BrN2O3/c1-10-3-4-11(12(15)9-10)13(18)16-5-7-17(8-6-16)14(19)20-2/h3-4,9H,5-8H2,1-2H3. The van der Waals surface area contributed by atoms with E-state index in [0.29, 0.717) is 31.7 Å². The van der Waals surface area contributed by atoms with E-state index in [1.165, 1.54) is 7.11 Å². The molecule has 0 saturated carbocycles. The van der Waals surface area contributed by atoms with Gasteiger partial charge >= 0.3 is 6.09 Å². The van der Waals surface area contributed by atoms with Gasteiger partial charge in [0.2, 0.25) is 0 Å². The first-order chi connectivity index (χ1) is 9.52. The van der Waals surface area contributed by atoms with E-state index in [-0.39, 0.29) is 12.0 Å². The number of aryl methyl sites for hydroxylation is 1. The topological polar surface area (TPSA) is 49.9 Å². The van der Waals surface area contributed by atoms with Crippen LogP contribution in [0.1, 0.15) is 15.9 Å². The minimum atomic E-state index is -0.339. The molecule has 5 nitrogen and oxygen atoms in total. The molecule has 0 atom stereocenters. The zero-order valence-corrected chi connectivity index (χ0v) is 13.1. The molecule has 1 fully saturated rings. The second-order valence-corrected chi connectivity index (χ2v) is 5.59. The van der Waals surface area contributed by atoms with Crippen molar-refractivity contribution in [2.45, 2.75) is 6.92 Å². The summed E-state index contributed by atoms with van der Waals surface area (Å²) in [6.45, 7) is 4.03. The lowest BCUT2D eigenvalue weighted by Crippen LogP contribution is -2.50. The molecule has 1 aromatic carbocycles. The number of piperazine rings is 1. The smallest absolute Gasteiger partial charge is 0.409 e. The predicted octanol–water partition coefficient (Wildman–Crippen LogP) is 2.28. The Morgan fingerprint density at radius 2 is 1.75 bits per heavy atom. The Morgan fingerprint density at radius 1 is 1.15 bits per heavy atom. The zero-order valence-electron chi connectivity index (χ0n) is 11.6. The molecule has 0 unspecified atom stereocenters. The summed E-state index contributed by atoms with van der Waals surface area (Å²) in [5.74, 6) is -0.0126. The lowest BCUT2D eigenvalue weighted by molar-refractivity contribution is 0.0599. The molecule has 0 bridgehead atoms. The maximum atomic E-state index is 12.4.